The van der Waals surface area contributed by atoms with Crippen LogP contribution in [-0.4, -0.2) is 19.5 Å². The monoisotopic (exact) mass is 630 g/mol. The van der Waals surface area contributed by atoms with Crippen LogP contribution in [-0.2, 0) is 0 Å². The highest BCUT2D eigenvalue weighted by Gasteiger charge is 2.21. The Bertz CT molecular complexity index is 2800. The van der Waals surface area contributed by atoms with Crippen LogP contribution in [0.4, 0.5) is 0 Å². The van der Waals surface area contributed by atoms with Crippen LogP contribution in [0.2, 0.25) is 0 Å². The number of thiophene rings is 1. The highest BCUT2D eigenvalue weighted by molar-refractivity contribution is 7.25. The molecule has 0 aliphatic carbocycles. The minimum absolute atomic E-state index is 0.637. The summed E-state index contributed by atoms with van der Waals surface area (Å²) in [5.74, 6) is 1.95. The molecule has 0 amide bonds. The lowest BCUT2D eigenvalue weighted by Crippen LogP contribution is -2.04. The van der Waals surface area contributed by atoms with E-state index in [9.17, 15) is 0 Å². The predicted molar refractivity (Wildman–Crippen MR) is 201 cm³/mol. The van der Waals surface area contributed by atoms with Crippen molar-refractivity contribution in [1.82, 2.24) is 19.5 Å². The number of hydrogen-bond donors (Lipinski definition) is 0. The van der Waals surface area contributed by atoms with Crippen molar-refractivity contribution in [3.63, 3.8) is 0 Å². The molecule has 0 N–H and O–H groups in total. The lowest BCUT2D eigenvalue weighted by molar-refractivity contribution is 1.07. The number of hydrogen-bond acceptors (Lipinski definition) is 4. The molecule has 3 heterocycles. The zero-order valence-electron chi connectivity index (χ0n) is 25.7. The molecule has 3 aromatic heterocycles. The third kappa shape index (κ3) is 4.18. The van der Waals surface area contributed by atoms with Gasteiger partial charge in [0.25, 0.3) is 0 Å². The highest BCUT2D eigenvalue weighted by atomic mass is 32.1. The van der Waals surface area contributed by atoms with E-state index in [0.29, 0.717) is 17.5 Å². The minimum atomic E-state index is 0.637. The average Bonchev–Trinajstić information content (AvgIpc) is 3.70. The summed E-state index contributed by atoms with van der Waals surface area (Å²) in [6, 6.07) is 55.5. The van der Waals surface area contributed by atoms with E-state index >= 15 is 0 Å². The molecule has 10 rings (SSSR count). The largest absolute Gasteiger partial charge is 0.308 e. The molecule has 0 bridgehead atoms. The molecule has 10 aromatic rings. The average molecular weight is 631 g/mol. The maximum atomic E-state index is 5.34. The third-order valence-corrected chi connectivity index (χ3v) is 10.4. The fourth-order valence-electron chi connectivity index (χ4n) is 7.07. The minimum Gasteiger partial charge on any atom is -0.308 e. The van der Waals surface area contributed by atoms with Crippen molar-refractivity contribution in [1.29, 1.82) is 0 Å². The summed E-state index contributed by atoms with van der Waals surface area (Å²) < 4.78 is 4.83. The van der Waals surface area contributed by atoms with E-state index in [2.05, 4.69) is 144 Å². The second kappa shape index (κ2) is 10.7. The molecule has 0 spiro atoms. The number of para-hydroxylation sites is 2. The van der Waals surface area contributed by atoms with Crippen molar-refractivity contribution in [2.75, 3.05) is 0 Å². The Morgan fingerprint density at radius 3 is 1.73 bits per heavy atom. The van der Waals surface area contributed by atoms with Gasteiger partial charge in [-0.25, -0.2) is 15.0 Å². The van der Waals surface area contributed by atoms with Crippen molar-refractivity contribution in [3.8, 4) is 39.9 Å². The zero-order chi connectivity index (χ0) is 31.6. The summed E-state index contributed by atoms with van der Waals surface area (Å²) in [7, 11) is 0. The Balaban J connectivity index is 1.32. The zero-order valence-corrected chi connectivity index (χ0v) is 26.5. The van der Waals surface area contributed by atoms with E-state index in [0.717, 1.165) is 44.2 Å². The van der Waals surface area contributed by atoms with Gasteiger partial charge in [0.2, 0.25) is 0 Å². The molecule has 0 atom stereocenters. The quantitative estimate of drug-likeness (QED) is 0.194. The highest BCUT2D eigenvalue weighted by Crippen LogP contribution is 2.41. The molecular formula is C43H26N4S. The molecule has 4 nitrogen and oxygen atoms in total. The lowest BCUT2D eigenvalue weighted by Gasteiger charge is -2.16. The second-order valence-electron chi connectivity index (χ2n) is 12.0. The van der Waals surface area contributed by atoms with Gasteiger partial charge in [0.05, 0.1) is 16.7 Å². The number of benzene rings is 7. The lowest BCUT2D eigenvalue weighted by atomic mass is 10.0. The molecule has 0 radical (unpaired) electrons. The number of aromatic nitrogens is 4. The molecule has 0 unspecified atom stereocenters. The Morgan fingerprint density at radius 1 is 0.417 bits per heavy atom. The fourth-order valence-corrected chi connectivity index (χ4v) is 8.20. The molecular weight excluding hydrogens is 605 g/mol. The molecule has 0 saturated carbocycles. The van der Waals surface area contributed by atoms with Gasteiger partial charge >= 0.3 is 0 Å². The molecule has 224 valence electrons. The fraction of sp³-hybridized carbons (Fsp3) is 0. The first-order chi connectivity index (χ1) is 23.8. The van der Waals surface area contributed by atoms with Crippen LogP contribution in [0.25, 0.3) is 92.6 Å². The summed E-state index contributed by atoms with van der Waals surface area (Å²) in [6.07, 6.45) is 0. The SMILES string of the molecule is c1ccc(-c2nc(-c3cc4ccccc4cc3-n3c4ccccc4c4ccccc43)nc(-c3cccc4sc5ccccc5c34)n2)cc1. The summed E-state index contributed by atoms with van der Waals surface area (Å²) >= 11 is 1.80. The van der Waals surface area contributed by atoms with Gasteiger partial charge in [-0.05, 0) is 47.2 Å². The van der Waals surface area contributed by atoms with Gasteiger partial charge < -0.3 is 4.57 Å². The van der Waals surface area contributed by atoms with Gasteiger partial charge in [-0.15, -0.1) is 11.3 Å². The number of fused-ring (bicyclic) bond motifs is 7. The first kappa shape index (κ1) is 27.0. The Morgan fingerprint density at radius 2 is 0.979 bits per heavy atom. The van der Waals surface area contributed by atoms with Gasteiger partial charge in [0.1, 0.15) is 0 Å². The van der Waals surface area contributed by atoms with Gasteiger partial charge in [-0.3, -0.25) is 0 Å². The Labute approximate surface area is 280 Å². The first-order valence-corrected chi connectivity index (χ1v) is 16.9. The van der Waals surface area contributed by atoms with Crippen LogP contribution in [0.5, 0.6) is 0 Å². The maximum Gasteiger partial charge on any atom is 0.166 e. The van der Waals surface area contributed by atoms with E-state index in [1.807, 2.05) is 18.2 Å². The van der Waals surface area contributed by atoms with E-state index in [4.69, 9.17) is 15.0 Å². The predicted octanol–water partition coefficient (Wildman–Crippen LogP) is 11.5. The molecule has 48 heavy (non-hydrogen) atoms. The smallest absolute Gasteiger partial charge is 0.166 e. The van der Waals surface area contributed by atoms with E-state index < -0.39 is 0 Å². The van der Waals surface area contributed by atoms with Crippen molar-refractivity contribution in [2.45, 2.75) is 0 Å². The molecule has 5 heteroatoms. The van der Waals surface area contributed by atoms with Gasteiger partial charge in [0, 0.05) is 47.6 Å². The summed E-state index contributed by atoms with van der Waals surface area (Å²) in [5, 5.41) is 7.11. The summed E-state index contributed by atoms with van der Waals surface area (Å²) in [5.41, 5.74) is 6.21. The van der Waals surface area contributed by atoms with Crippen molar-refractivity contribution >= 4 is 64.1 Å². The molecule has 7 aromatic carbocycles. The normalized spacial score (nSPS) is 11.8. The molecule has 0 saturated heterocycles. The van der Waals surface area contributed by atoms with Crippen molar-refractivity contribution in [2.24, 2.45) is 0 Å². The van der Waals surface area contributed by atoms with E-state index in [1.165, 1.54) is 30.9 Å². The topological polar surface area (TPSA) is 43.6 Å². The Hall–Kier alpha value is -6.17. The van der Waals surface area contributed by atoms with Gasteiger partial charge in [-0.2, -0.15) is 0 Å². The van der Waals surface area contributed by atoms with Crippen LogP contribution in [0.1, 0.15) is 0 Å². The molecule has 0 fully saturated rings. The molecule has 0 aliphatic rings. The van der Waals surface area contributed by atoms with Crippen molar-refractivity contribution < 1.29 is 0 Å². The van der Waals surface area contributed by atoms with E-state index in [1.54, 1.807) is 11.3 Å². The van der Waals surface area contributed by atoms with Crippen LogP contribution >= 0.6 is 11.3 Å². The molecule has 0 aliphatic heterocycles. The third-order valence-electron chi connectivity index (χ3n) is 9.24. The van der Waals surface area contributed by atoms with Gasteiger partial charge in [0.15, 0.2) is 17.5 Å². The first-order valence-electron chi connectivity index (χ1n) is 16.0. The van der Waals surface area contributed by atoms with Gasteiger partial charge in [-0.1, -0.05) is 121 Å². The maximum absolute atomic E-state index is 5.34. The van der Waals surface area contributed by atoms with Crippen LogP contribution in [0.15, 0.2) is 158 Å². The summed E-state index contributed by atoms with van der Waals surface area (Å²) in [6.45, 7) is 0. The standard InChI is InChI=1S/C43H26N4S/c1-2-13-27(14-3-1)41-44-42(33-20-12-24-39-40(33)32-19-8-11-23-38(32)48-39)46-43(45-41)34-25-28-15-4-5-16-29(28)26-37(34)47-35-21-9-6-17-30(35)31-18-7-10-22-36(31)47/h1-26H. The summed E-state index contributed by atoms with van der Waals surface area (Å²) in [4.78, 5) is 15.7. The Kier molecular flexibility index (Phi) is 6.01. The van der Waals surface area contributed by atoms with E-state index in [-0.39, 0.29) is 0 Å². The van der Waals surface area contributed by atoms with Crippen LogP contribution in [0.3, 0.4) is 0 Å². The van der Waals surface area contributed by atoms with Crippen LogP contribution < -0.4 is 0 Å². The van der Waals surface area contributed by atoms with Crippen LogP contribution in [0, 0.1) is 0 Å². The van der Waals surface area contributed by atoms with Crippen molar-refractivity contribution in [3.05, 3.63) is 158 Å². The number of nitrogens with zero attached hydrogens (tertiary/aromatic N) is 4. The number of rotatable bonds is 4. The second-order valence-corrected chi connectivity index (χ2v) is 13.1.